The summed E-state index contributed by atoms with van der Waals surface area (Å²) in [5, 5.41) is 14.4. The van der Waals surface area contributed by atoms with Gasteiger partial charge in [0.05, 0.1) is 4.92 Å². The Balaban J connectivity index is 2.89. The van der Waals surface area contributed by atoms with Crippen molar-refractivity contribution in [1.82, 2.24) is 5.32 Å². The van der Waals surface area contributed by atoms with E-state index in [1.54, 1.807) is 0 Å². The number of hydrogen-bond acceptors (Lipinski definition) is 3. The van der Waals surface area contributed by atoms with Crippen molar-refractivity contribution in [1.29, 1.82) is 0 Å². The first-order valence-corrected chi connectivity index (χ1v) is 6.34. The number of halogens is 2. The van der Waals surface area contributed by atoms with E-state index in [-0.39, 0.29) is 16.3 Å². The van der Waals surface area contributed by atoms with Crippen LogP contribution in [0.15, 0.2) is 18.2 Å². The molecule has 0 saturated carbocycles. The second-order valence-corrected chi connectivity index (χ2v) is 4.45. The molecule has 7 heteroatoms. The van der Waals surface area contributed by atoms with Gasteiger partial charge in [-0.25, -0.2) is 0 Å². The Kier molecular flexibility index (Phi) is 5.37. The molecule has 0 aliphatic rings. The van der Waals surface area contributed by atoms with Crippen LogP contribution in [0.2, 0.25) is 5.02 Å². The average molecular weight is 322 g/mol. The number of carbonyl (C=O) groups excluding carboxylic acids is 1. The van der Waals surface area contributed by atoms with E-state index < -0.39 is 10.8 Å². The minimum Gasteiger partial charge on any atom is -0.352 e. The third-order valence-electron chi connectivity index (χ3n) is 2.00. The van der Waals surface area contributed by atoms with E-state index in [1.165, 1.54) is 18.2 Å². The Morgan fingerprint density at radius 2 is 2.24 bits per heavy atom. The molecule has 0 heterocycles. The third kappa shape index (κ3) is 3.98. The van der Waals surface area contributed by atoms with Crippen LogP contribution in [0.1, 0.15) is 16.8 Å². The Morgan fingerprint density at radius 1 is 1.53 bits per heavy atom. The highest BCUT2D eigenvalue weighted by Crippen LogP contribution is 2.22. The van der Waals surface area contributed by atoms with Gasteiger partial charge >= 0.3 is 0 Å². The molecule has 17 heavy (non-hydrogen) atoms. The molecule has 1 aromatic rings. The summed E-state index contributed by atoms with van der Waals surface area (Å²) in [6.07, 6.45) is 0.757. The van der Waals surface area contributed by atoms with Crippen molar-refractivity contribution < 1.29 is 9.72 Å². The van der Waals surface area contributed by atoms with Crippen molar-refractivity contribution in [2.75, 3.05) is 11.9 Å². The van der Waals surface area contributed by atoms with Gasteiger partial charge in [-0.1, -0.05) is 27.5 Å². The Bertz CT molecular complexity index is 440. The fraction of sp³-hybridized carbons (Fsp3) is 0.300. The molecule has 1 rings (SSSR count). The van der Waals surface area contributed by atoms with Gasteiger partial charge in [0.15, 0.2) is 0 Å². The highest BCUT2D eigenvalue weighted by atomic mass is 79.9. The topological polar surface area (TPSA) is 72.2 Å². The SMILES string of the molecule is O=C(NCCCBr)c1ccc(Cl)cc1[N+](=O)[O-]. The molecular weight excluding hydrogens is 311 g/mol. The van der Waals surface area contributed by atoms with E-state index in [0.717, 1.165) is 11.8 Å². The molecule has 92 valence electrons. The van der Waals surface area contributed by atoms with Crippen molar-refractivity contribution in [3.05, 3.63) is 38.9 Å². The van der Waals surface area contributed by atoms with E-state index in [9.17, 15) is 14.9 Å². The maximum Gasteiger partial charge on any atom is 0.283 e. The predicted octanol–water partition coefficient (Wildman–Crippen LogP) is 2.76. The van der Waals surface area contributed by atoms with Crippen LogP contribution in [0.3, 0.4) is 0 Å². The molecule has 1 amide bonds. The van der Waals surface area contributed by atoms with Gasteiger partial charge in [0, 0.05) is 23.0 Å². The largest absolute Gasteiger partial charge is 0.352 e. The fourth-order valence-electron chi connectivity index (χ4n) is 1.21. The number of amides is 1. The van der Waals surface area contributed by atoms with Crippen LogP contribution < -0.4 is 5.32 Å². The molecular formula is C10H10BrClN2O3. The van der Waals surface area contributed by atoms with Crippen LogP contribution in [-0.2, 0) is 0 Å². The molecule has 0 aliphatic carbocycles. The summed E-state index contributed by atoms with van der Waals surface area (Å²) in [4.78, 5) is 21.8. The summed E-state index contributed by atoms with van der Waals surface area (Å²) in [6.45, 7) is 0.462. The van der Waals surface area contributed by atoms with Gasteiger partial charge in [0.2, 0.25) is 0 Å². The molecule has 5 nitrogen and oxygen atoms in total. The van der Waals surface area contributed by atoms with Crippen molar-refractivity contribution in [2.45, 2.75) is 6.42 Å². The zero-order valence-electron chi connectivity index (χ0n) is 8.78. The van der Waals surface area contributed by atoms with Crippen LogP contribution in [0, 0.1) is 10.1 Å². The van der Waals surface area contributed by atoms with E-state index in [0.29, 0.717) is 6.54 Å². The molecule has 0 radical (unpaired) electrons. The molecule has 0 aromatic heterocycles. The molecule has 0 bridgehead atoms. The normalized spacial score (nSPS) is 10.0. The summed E-state index contributed by atoms with van der Waals surface area (Å²) < 4.78 is 0. The van der Waals surface area contributed by atoms with Gasteiger partial charge < -0.3 is 5.32 Å². The van der Waals surface area contributed by atoms with Gasteiger partial charge in [-0.2, -0.15) is 0 Å². The summed E-state index contributed by atoms with van der Waals surface area (Å²) in [6, 6.07) is 3.97. The van der Waals surface area contributed by atoms with E-state index in [2.05, 4.69) is 21.2 Å². The van der Waals surface area contributed by atoms with Crippen LogP contribution >= 0.6 is 27.5 Å². The molecule has 0 unspecified atom stereocenters. The van der Waals surface area contributed by atoms with Crippen LogP contribution in [-0.4, -0.2) is 22.7 Å². The number of carbonyl (C=O) groups is 1. The van der Waals surface area contributed by atoms with Crippen molar-refractivity contribution in [3.63, 3.8) is 0 Å². The molecule has 1 N–H and O–H groups in total. The van der Waals surface area contributed by atoms with Gasteiger partial charge in [0.25, 0.3) is 11.6 Å². The minimum absolute atomic E-state index is 0.0222. The molecule has 0 aliphatic heterocycles. The second-order valence-electron chi connectivity index (χ2n) is 3.22. The van der Waals surface area contributed by atoms with Gasteiger partial charge in [-0.15, -0.1) is 0 Å². The first-order chi connectivity index (χ1) is 8.06. The second kappa shape index (κ2) is 6.56. The van der Waals surface area contributed by atoms with E-state index in [4.69, 9.17) is 11.6 Å². The molecule has 0 saturated heterocycles. The highest BCUT2D eigenvalue weighted by Gasteiger charge is 2.19. The van der Waals surface area contributed by atoms with Crippen molar-refractivity contribution >= 4 is 39.1 Å². The Hall–Kier alpha value is -1.14. The maximum absolute atomic E-state index is 11.7. The van der Waals surface area contributed by atoms with Gasteiger partial charge in [0.1, 0.15) is 5.56 Å². The number of alkyl halides is 1. The lowest BCUT2D eigenvalue weighted by atomic mass is 10.1. The third-order valence-corrected chi connectivity index (χ3v) is 2.79. The number of nitrogens with zero attached hydrogens (tertiary/aromatic N) is 1. The summed E-state index contributed by atoms with van der Waals surface area (Å²) in [5.74, 6) is -0.464. The summed E-state index contributed by atoms with van der Waals surface area (Å²) >= 11 is 8.88. The molecule has 0 spiro atoms. The van der Waals surface area contributed by atoms with Crippen molar-refractivity contribution in [2.24, 2.45) is 0 Å². The van der Waals surface area contributed by atoms with Crippen LogP contribution in [0.25, 0.3) is 0 Å². The van der Waals surface area contributed by atoms with Crippen molar-refractivity contribution in [3.8, 4) is 0 Å². The molecule has 0 fully saturated rings. The van der Waals surface area contributed by atoms with E-state index in [1.807, 2.05) is 0 Å². The Morgan fingerprint density at radius 3 is 2.82 bits per heavy atom. The van der Waals surface area contributed by atoms with Crippen LogP contribution in [0.4, 0.5) is 5.69 Å². The number of nitro benzene ring substituents is 1. The standard InChI is InChI=1S/C10H10BrClN2O3/c11-4-1-5-13-10(15)8-3-2-7(12)6-9(8)14(16)17/h2-3,6H,1,4-5H2,(H,13,15). The molecule has 0 atom stereocenters. The summed E-state index contributed by atoms with van der Waals surface area (Å²) in [5.41, 5.74) is -0.261. The summed E-state index contributed by atoms with van der Waals surface area (Å²) in [7, 11) is 0. The van der Waals surface area contributed by atoms with Crippen LogP contribution in [0.5, 0.6) is 0 Å². The number of hydrogen-bond donors (Lipinski definition) is 1. The van der Waals surface area contributed by atoms with E-state index >= 15 is 0 Å². The minimum atomic E-state index is -0.620. The number of rotatable bonds is 5. The smallest absolute Gasteiger partial charge is 0.283 e. The first kappa shape index (κ1) is 13.9. The predicted molar refractivity (Wildman–Crippen MR) is 68.9 cm³/mol. The van der Waals surface area contributed by atoms with Gasteiger partial charge in [-0.3, -0.25) is 14.9 Å². The number of nitro groups is 1. The lowest BCUT2D eigenvalue weighted by molar-refractivity contribution is -0.385. The average Bonchev–Trinajstić information content (AvgIpc) is 2.29. The highest BCUT2D eigenvalue weighted by molar-refractivity contribution is 9.09. The quantitative estimate of drug-likeness (QED) is 0.392. The molecule has 1 aromatic carbocycles. The lowest BCUT2D eigenvalue weighted by Crippen LogP contribution is -2.25. The lowest BCUT2D eigenvalue weighted by Gasteiger charge is -2.04. The van der Waals surface area contributed by atoms with Gasteiger partial charge in [-0.05, 0) is 18.6 Å². The monoisotopic (exact) mass is 320 g/mol. The first-order valence-electron chi connectivity index (χ1n) is 4.84. The Labute approximate surface area is 111 Å². The number of benzene rings is 1. The fourth-order valence-corrected chi connectivity index (χ4v) is 1.66. The zero-order valence-corrected chi connectivity index (χ0v) is 11.1. The number of nitrogens with one attached hydrogen (secondary N) is 1. The zero-order chi connectivity index (χ0) is 12.8. The maximum atomic E-state index is 11.7.